The van der Waals surface area contributed by atoms with E-state index < -0.39 is 13.6 Å². The van der Waals surface area contributed by atoms with E-state index in [0.717, 1.165) is 0 Å². The second-order valence-corrected chi connectivity index (χ2v) is 5.70. The Kier molecular flexibility index (Phi) is 1.72. The summed E-state index contributed by atoms with van der Waals surface area (Å²) in [5, 5.41) is 0. The molecule has 1 rings (SSSR count). The van der Waals surface area contributed by atoms with Crippen LogP contribution in [0.4, 0.5) is 4.39 Å². The van der Waals surface area contributed by atoms with Gasteiger partial charge in [-0.1, -0.05) is 0 Å². The summed E-state index contributed by atoms with van der Waals surface area (Å²) in [5.41, 5.74) is 0. The molecule has 4 heteroatoms. The van der Waals surface area contributed by atoms with Crippen molar-refractivity contribution in [2.24, 2.45) is 0 Å². The summed E-state index contributed by atoms with van der Waals surface area (Å²) < 4.78 is 17.6. The Morgan fingerprint density at radius 1 is 1.90 bits per heavy atom. The minimum atomic E-state index is -2.71. The van der Waals surface area contributed by atoms with E-state index in [-0.39, 0.29) is 6.42 Å². The van der Waals surface area contributed by atoms with E-state index in [0.29, 0.717) is 6.16 Å². The van der Waals surface area contributed by atoms with Crippen LogP contribution in [0.25, 0.3) is 0 Å². The second kappa shape index (κ2) is 2.17. The fourth-order valence-electron chi connectivity index (χ4n) is 0.945. The number of alkyl halides is 1. The van der Waals surface area contributed by atoms with Crippen LogP contribution >= 0.6 is 7.72 Å². The summed E-state index contributed by atoms with van der Waals surface area (Å²) in [7, 11) is -2.71. The zero-order valence-corrected chi connectivity index (χ0v) is 6.72. The molecular weight excluding hydrogens is 154 g/mol. The molecule has 0 aliphatic carbocycles. The number of rotatable bonds is 0. The van der Waals surface area contributed by atoms with Gasteiger partial charge in [-0.2, -0.15) is 0 Å². The molecule has 1 fully saturated rings. The quantitative estimate of drug-likeness (QED) is 0.426. The van der Waals surface area contributed by atoms with E-state index in [2.05, 4.69) is 4.52 Å². The minimum absolute atomic E-state index is 0.128. The molecule has 0 aromatic rings. The summed E-state index contributed by atoms with van der Waals surface area (Å²) in [5.74, 6) is -0.109. The topological polar surface area (TPSA) is 29.5 Å². The molecule has 1 aliphatic rings. The van der Waals surface area contributed by atoms with Crippen molar-refractivity contribution in [3.63, 3.8) is 0 Å². The molecule has 1 atom stereocenters. The Bertz CT molecular complexity index is 187. The van der Waals surface area contributed by atoms with E-state index in [1.807, 2.05) is 5.92 Å². The molecule has 1 unspecified atom stereocenters. The van der Waals surface area contributed by atoms with Gasteiger partial charge in [0.05, 0.1) is 0 Å². The molecule has 1 heterocycles. The average Bonchev–Trinajstić information content (AvgIpc) is 2.08. The van der Waals surface area contributed by atoms with Gasteiger partial charge in [-0.05, 0) is 0 Å². The fraction of sp³-hybridized carbons (Fsp3) is 0.667. The Morgan fingerprint density at radius 3 is 2.70 bits per heavy atom. The first-order valence-electron chi connectivity index (χ1n) is 3.07. The summed E-state index contributed by atoms with van der Waals surface area (Å²) >= 11 is 0. The van der Waals surface area contributed by atoms with Gasteiger partial charge in [0.1, 0.15) is 0 Å². The number of terminal acetylenes is 1. The van der Waals surface area contributed by atoms with Crippen LogP contribution in [-0.2, 0) is 4.52 Å². The van der Waals surface area contributed by atoms with Gasteiger partial charge in [0.15, 0.2) is 0 Å². The molecular formula is C6H10FO2P. The molecule has 1 saturated heterocycles. The Hall–Kier alpha value is -0.160. The van der Waals surface area contributed by atoms with Gasteiger partial charge in [-0.3, -0.25) is 0 Å². The molecule has 58 valence electrons. The molecule has 0 radical (unpaired) electrons. The molecule has 0 aromatic heterocycles. The predicted octanol–water partition coefficient (Wildman–Crippen LogP) is 0.908. The fourth-order valence-corrected chi connectivity index (χ4v) is 2.69. The van der Waals surface area contributed by atoms with Gasteiger partial charge < -0.3 is 0 Å². The zero-order valence-electron chi connectivity index (χ0n) is 5.72. The van der Waals surface area contributed by atoms with Gasteiger partial charge in [0.25, 0.3) is 0 Å². The number of halogens is 1. The Labute approximate surface area is 59.9 Å². The van der Waals surface area contributed by atoms with E-state index in [9.17, 15) is 9.28 Å². The third-order valence-corrected chi connectivity index (χ3v) is 3.45. The number of hydrogen-bond acceptors (Lipinski definition) is 2. The molecule has 0 spiro atoms. The van der Waals surface area contributed by atoms with Crippen LogP contribution in [0.15, 0.2) is 0 Å². The molecule has 0 bridgehead atoms. The zero-order chi connectivity index (χ0) is 7.83. The van der Waals surface area contributed by atoms with Crippen LogP contribution < -0.4 is 0 Å². The van der Waals surface area contributed by atoms with Crippen LogP contribution in [0.3, 0.4) is 0 Å². The van der Waals surface area contributed by atoms with E-state index in [4.69, 9.17) is 6.42 Å². The van der Waals surface area contributed by atoms with E-state index >= 15 is 0 Å². The summed E-state index contributed by atoms with van der Waals surface area (Å²) in [6.45, 7) is 1.53. The first-order valence-corrected chi connectivity index (χ1v) is 5.63. The van der Waals surface area contributed by atoms with Crippen molar-refractivity contribution in [2.75, 3.05) is 12.8 Å². The number of hydrogen-bond donors (Lipinski definition) is 1. The molecule has 0 aromatic carbocycles. The molecule has 0 saturated carbocycles. The van der Waals surface area contributed by atoms with Crippen molar-refractivity contribution in [1.82, 2.24) is 0 Å². The molecule has 1 aliphatic heterocycles. The van der Waals surface area contributed by atoms with E-state index in [1.54, 1.807) is 0 Å². The predicted molar refractivity (Wildman–Crippen MR) is 39.7 cm³/mol. The summed E-state index contributed by atoms with van der Waals surface area (Å²) in [4.78, 5) is 9.24. The molecule has 0 amide bonds. The third-order valence-electron chi connectivity index (χ3n) is 1.51. The average molecular weight is 164 g/mol. The van der Waals surface area contributed by atoms with Crippen molar-refractivity contribution < 1.29 is 13.8 Å². The van der Waals surface area contributed by atoms with Gasteiger partial charge in [0, 0.05) is 0 Å². The van der Waals surface area contributed by atoms with Gasteiger partial charge in [-0.25, -0.2) is 0 Å². The second-order valence-electron chi connectivity index (χ2n) is 2.65. The molecule has 1 N–H and O–H groups in total. The maximum absolute atomic E-state index is 13.0. The van der Waals surface area contributed by atoms with Crippen LogP contribution in [0.2, 0.25) is 0 Å². The first-order chi connectivity index (χ1) is 4.47. The Morgan fingerprint density at radius 2 is 2.50 bits per heavy atom. The molecule has 10 heavy (non-hydrogen) atoms. The SMILES string of the molecule is C#CC1(F)CC[PH](C)(O)O1. The third kappa shape index (κ3) is 1.46. The van der Waals surface area contributed by atoms with Crippen molar-refractivity contribution in [3.8, 4) is 12.3 Å². The van der Waals surface area contributed by atoms with Crippen molar-refractivity contribution >= 4 is 7.72 Å². The van der Waals surface area contributed by atoms with Crippen LogP contribution in [0.5, 0.6) is 0 Å². The van der Waals surface area contributed by atoms with Gasteiger partial charge in [0.2, 0.25) is 0 Å². The summed E-state index contributed by atoms with van der Waals surface area (Å²) in [6.07, 6.45) is 5.36. The van der Waals surface area contributed by atoms with E-state index in [1.165, 1.54) is 6.66 Å². The monoisotopic (exact) mass is 164 g/mol. The Balaban J connectivity index is 2.69. The normalized spacial score (nSPS) is 40.6. The van der Waals surface area contributed by atoms with Crippen molar-refractivity contribution in [2.45, 2.75) is 12.3 Å². The van der Waals surface area contributed by atoms with Crippen molar-refractivity contribution in [1.29, 1.82) is 0 Å². The maximum atomic E-state index is 13.0. The molecule has 2 nitrogen and oxygen atoms in total. The van der Waals surface area contributed by atoms with Crippen LogP contribution in [0, 0.1) is 12.3 Å². The van der Waals surface area contributed by atoms with Crippen LogP contribution in [-0.4, -0.2) is 23.6 Å². The van der Waals surface area contributed by atoms with Gasteiger partial charge >= 0.3 is 59.0 Å². The summed E-state index contributed by atoms with van der Waals surface area (Å²) in [6, 6.07) is 0. The van der Waals surface area contributed by atoms with Crippen molar-refractivity contribution in [3.05, 3.63) is 0 Å². The van der Waals surface area contributed by atoms with Gasteiger partial charge in [-0.15, -0.1) is 0 Å². The standard InChI is InChI=1S/C6H10FO2P/c1-3-6(7)4-5-10(2,8)9-6/h1,8,10H,4-5H2,2H3. The van der Waals surface area contributed by atoms with Crippen LogP contribution in [0.1, 0.15) is 6.42 Å². The first kappa shape index (κ1) is 7.94.